The summed E-state index contributed by atoms with van der Waals surface area (Å²) in [4.78, 5) is 90.4. The van der Waals surface area contributed by atoms with E-state index < -0.39 is 53.9 Å². The minimum absolute atomic E-state index is 0.000746. The van der Waals surface area contributed by atoms with Gasteiger partial charge < -0.3 is 41.4 Å². The van der Waals surface area contributed by atoms with Gasteiger partial charge in [-0.05, 0) is 76.7 Å². The third kappa shape index (κ3) is 26.3. The maximum Gasteiger partial charge on any atom is 0.407 e. The monoisotopic (exact) mass is 859 g/mol. The van der Waals surface area contributed by atoms with Crippen molar-refractivity contribution in [1.82, 2.24) is 31.9 Å². The van der Waals surface area contributed by atoms with E-state index in [0.717, 1.165) is 5.56 Å². The Hall–Kier alpha value is -4.69. The number of ether oxygens (including phenoxy) is 2. The molecule has 1 rings (SSSR count). The van der Waals surface area contributed by atoms with E-state index in [1.54, 1.807) is 34.6 Å². The lowest BCUT2D eigenvalue weighted by atomic mass is 9.97. The molecule has 15 nitrogen and oxygen atoms in total. The number of carbonyl (C=O) groups excluding carboxylic acids is 7. The molecule has 15 heteroatoms. The normalized spacial score (nSPS) is 14.6. The number of carbonyl (C=O) groups is 7. The van der Waals surface area contributed by atoms with Crippen LogP contribution in [-0.4, -0.2) is 83.5 Å². The number of hydrogen-bond acceptors (Lipinski definition) is 9. The van der Waals surface area contributed by atoms with E-state index >= 15 is 0 Å². The van der Waals surface area contributed by atoms with E-state index in [2.05, 4.69) is 31.9 Å². The number of esters is 1. The van der Waals surface area contributed by atoms with E-state index in [1.807, 2.05) is 85.7 Å². The first-order chi connectivity index (χ1) is 28.3. The number of nitrogens with one attached hydrogen (secondary N) is 6. The molecule has 0 unspecified atom stereocenters. The SMILES string of the molecule is CC(C)C[C@@H](CC(=O)N[C@H](CC(=O)N[C@@H](C)CC(=O)N[C@H](CC(=O)OCc1ccccc1)CC(C)C)C(C)C)NC(=O)C[C@H](C)NC(=O)C[C@@H](NC(=O)OC(C)(C)C)C(C)C. The van der Waals surface area contributed by atoms with Crippen molar-refractivity contribution in [3.8, 4) is 0 Å². The Bertz CT molecular complexity index is 1540. The van der Waals surface area contributed by atoms with Crippen LogP contribution in [-0.2, 0) is 44.8 Å². The van der Waals surface area contributed by atoms with Gasteiger partial charge in [-0.15, -0.1) is 0 Å². The molecule has 0 bridgehead atoms. The first-order valence-electron chi connectivity index (χ1n) is 22.0. The van der Waals surface area contributed by atoms with Gasteiger partial charge in [0.05, 0.1) is 6.42 Å². The Kier molecular flexibility index (Phi) is 24.3. The molecule has 0 aliphatic heterocycles. The molecule has 1 aromatic carbocycles. The van der Waals surface area contributed by atoms with Crippen LogP contribution >= 0.6 is 0 Å². The average Bonchev–Trinajstić information content (AvgIpc) is 3.08. The van der Waals surface area contributed by atoms with E-state index in [9.17, 15) is 33.6 Å². The molecule has 0 aliphatic rings. The van der Waals surface area contributed by atoms with Crippen LogP contribution in [0.3, 0.4) is 0 Å². The van der Waals surface area contributed by atoms with Gasteiger partial charge in [-0.25, -0.2) is 4.79 Å². The Labute approximate surface area is 365 Å². The first kappa shape index (κ1) is 54.3. The fourth-order valence-corrected chi connectivity index (χ4v) is 6.68. The lowest BCUT2D eigenvalue weighted by Crippen LogP contribution is -2.48. The largest absolute Gasteiger partial charge is 0.461 e. The summed E-state index contributed by atoms with van der Waals surface area (Å²) in [6, 6.07) is 6.47. The van der Waals surface area contributed by atoms with Crippen LogP contribution in [0.4, 0.5) is 4.79 Å². The summed E-state index contributed by atoms with van der Waals surface area (Å²) in [5, 5.41) is 17.3. The zero-order chi connectivity index (χ0) is 46.4. The van der Waals surface area contributed by atoms with Crippen LogP contribution in [0.2, 0.25) is 0 Å². The highest BCUT2D eigenvalue weighted by atomic mass is 16.6. The maximum atomic E-state index is 13.4. The van der Waals surface area contributed by atoms with Crippen molar-refractivity contribution < 1.29 is 43.0 Å². The number of rotatable bonds is 26. The Morgan fingerprint density at radius 1 is 0.508 bits per heavy atom. The van der Waals surface area contributed by atoms with Gasteiger partial charge in [-0.2, -0.15) is 0 Å². The molecule has 0 spiro atoms. The van der Waals surface area contributed by atoms with Crippen molar-refractivity contribution >= 4 is 41.6 Å². The summed E-state index contributed by atoms with van der Waals surface area (Å²) in [7, 11) is 0. The Morgan fingerprint density at radius 2 is 0.918 bits per heavy atom. The van der Waals surface area contributed by atoms with Crippen molar-refractivity contribution in [2.45, 2.75) is 190 Å². The molecule has 0 heterocycles. The van der Waals surface area contributed by atoms with Gasteiger partial charge in [0.25, 0.3) is 0 Å². The summed E-state index contributed by atoms with van der Waals surface area (Å²) in [5.74, 6) is -1.75. The summed E-state index contributed by atoms with van der Waals surface area (Å²) in [6.07, 6.45) is 0.520. The van der Waals surface area contributed by atoms with Crippen molar-refractivity contribution in [2.75, 3.05) is 0 Å². The molecule has 1 aromatic rings. The van der Waals surface area contributed by atoms with Crippen molar-refractivity contribution in [3.05, 3.63) is 35.9 Å². The topological polar surface area (TPSA) is 210 Å². The van der Waals surface area contributed by atoms with E-state index in [4.69, 9.17) is 9.47 Å². The minimum atomic E-state index is -0.679. The Balaban J connectivity index is 2.70. The molecule has 0 aromatic heterocycles. The second kappa shape index (κ2) is 27.3. The number of hydrogen-bond donors (Lipinski definition) is 6. The molecule has 0 saturated heterocycles. The standard InChI is InChI=1S/C46H78N6O9/c1-28(2)19-35(49-39(53)21-32(9)48-43(57)26-38(31(7)8)52-45(59)61-46(11,12)13)23-41(55)51-37(30(5)6)25-42(56)47-33(10)22-40(54)50-36(20-29(3)4)24-44(58)60-27-34-17-15-14-16-18-34/h14-18,28-33,35-38H,19-27H2,1-13H3,(H,47,56)(H,48,57)(H,49,53)(H,50,54)(H,51,55)(H,52,59)/t32-,33-,35-,36-,37+,38+/m0/s1. The zero-order valence-corrected chi connectivity index (χ0v) is 39.2. The smallest absolute Gasteiger partial charge is 0.407 e. The molecule has 61 heavy (non-hydrogen) atoms. The zero-order valence-electron chi connectivity index (χ0n) is 39.2. The van der Waals surface area contributed by atoms with Crippen LogP contribution in [0.1, 0.15) is 147 Å². The summed E-state index contributed by atoms with van der Waals surface area (Å²) in [6.45, 7) is 24.4. The van der Waals surface area contributed by atoms with Gasteiger partial charge in [-0.3, -0.25) is 28.8 Å². The maximum absolute atomic E-state index is 13.4. The predicted octanol–water partition coefficient (Wildman–Crippen LogP) is 5.83. The fraction of sp³-hybridized carbons (Fsp3) is 0.717. The number of alkyl carbamates (subject to hydrolysis) is 1. The first-order valence-corrected chi connectivity index (χ1v) is 22.0. The summed E-state index contributed by atoms with van der Waals surface area (Å²) >= 11 is 0. The number of amides is 6. The van der Waals surface area contributed by atoms with Gasteiger partial charge in [0.2, 0.25) is 29.5 Å². The van der Waals surface area contributed by atoms with Gasteiger partial charge in [0.1, 0.15) is 12.2 Å². The lowest BCUT2D eigenvalue weighted by molar-refractivity contribution is -0.145. The molecule has 0 fully saturated rings. The Morgan fingerprint density at radius 3 is 1.34 bits per heavy atom. The molecule has 346 valence electrons. The highest BCUT2D eigenvalue weighted by Crippen LogP contribution is 2.15. The minimum Gasteiger partial charge on any atom is -0.461 e. The molecule has 6 N–H and O–H groups in total. The lowest BCUT2D eigenvalue weighted by Gasteiger charge is -2.26. The molecule has 0 radical (unpaired) electrons. The molecule has 0 aliphatic carbocycles. The molecular formula is C46H78N6O9. The highest BCUT2D eigenvalue weighted by molar-refractivity contribution is 5.83. The van der Waals surface area contributed by atoms with Crippen LogP contribution in [0.25, 0.3) is 0 Å². The van der Waals surface area contributed by atoms with Gasteiger partial charge in [0.15, 0.2) is 0 Å². The van der Waals surface area contributed by atoms with E-state index in [0.29, 0.717) is 12.8 Å². The van der Waals surface area contributed by atoms with Crippen LogP contribution < -0.4 is 31.9 Å². The quantitative estimate of drug-likeness (QED) is 0.0619. The summed E-state index contributed by atoms with van der Waals surface area (Å²) < 4.78 is 10.8. The van der Waals surface area contributed by atoms with Crippen molar-refractivity contribution in [2.24, 2.45) is 23.7 Å². The fourth-order valence-electron chi connectivity index (χ4n) is 6.68. The van der Waals surface area contributed by atoms with Gasteiger partial charge in [0, 0.05) is 68.4 Å². The van der Waals surface area contributed by atoms with E-state index in [1.165, 1.54) is 0 Å². The van der Waals surface area contributed by atoms with E-state index in [-0.39, 0.29) is 98.3 Å². The predicted molar refractivity (Wildman–Crippen MR) is 237 cm³/mol. The molecule has 0 saturated carbocycles. The van der Waals surface area contributed by atoms with Crippen LogP contribution in [0.15, 0.2) is 30.3 Å². The summed E-state index contributed by atoms with van der Waals surface area (Å²) in [5.41, 5.74) is 0.195. The second-order valence-electron chi connectivity index (χ2n) is 19.0. The van der Waals surface area contributed by atoms with Gasteiger partial charge >= 0.3 is 12.1 Å². The van der Waals surface area contributed by atoms with Crippen molar-refractivity contribution in [1.29, 1.82) is 0 Å². The average molecular weight is 859 g/mol. The van der Waals surface area contributed by atoms with Crippen LogP contribution in [0.5, 0.6) is 0 Å². The molecule has 6 amide bonds. The highest BCUT2D eigenvalue weighted by Gasteiger charge is 2.27. The second-order valence-corrected chi connectivity index (χ2v) is 19.0. The van der Waals surface area contributed by atoms with Gasteiger partial charge in [-0.1, -0.05) is 85.7 Å². The number of benzene rings is 1. The molecule has 6 atom stereocenters. The third-order valence-electron chi connectivity index (χ3n) is 9.60. The van der Waals surface area contributed by atoms with Crippen LogP contribution in [0, 0.1) is 23.7 Å². The third-order valence-corrected chi connectivity index (χ3v) is 9.60. The van der Waals surface area contributed by atoms with Crippen molar-refractivity contribution in [3.63, 3.8) is 0 Å². The molecular weight excluding hydrogens is 781 g/mol.